The maximum Gasteiger partial charge on any atom is 0.0714 e. The standard InChI is InChI=1S/C47H35N/c1-3-34(2)48(41-32-28-38(29-33-41)36-18-9-5-10-19-36)45-25-15-24-44-46(45)42-22-13-14-23-43(42)47(44,39-20-11-6-12-21-39)40-30-26-37(27-31-40)35-16-7-4-8-17-35/h3-33H,1-2H2. The molecule has 0 spiro atoms. The second kappa shape index (κ2) is 12.2. The van der Waals surface area contributed by atoms with Gasteiger partial charge in [-0.15, -0.1) is 0 Å². The van der Waals surface area contributed by atoms with E-state index < -0.39 is 5.41 Å². The molecule has 0 saturated carbocycles. The normalized spacial score (nSPS) is 14.5. The fraction of sp³-hybridized carbons (Fsp3) is 0.0213. The van der Waals surface area contributed by atoms with Gasteiger partial charge in [-0.1, -0.05) is 177 Å². The minimum Gasteiger partial charge on any atom is -0.310 e. The van der Waals surface area contributed by atoms with Crippen LogP contribution in [0.25, 0.3) is 33.4 Å². The molecule has 1 heteroatoms. The van der Waals surface area contributed by atoms with Crippen LogP contribution in [0, 0.1) is 0 Å². The van der Waals surface area contributed by atoms with E-state index in [2.05, 4.69) is 200 Å². The lowest BCUT2D eigenvalue weighted by Crippen LogP contribution is -2.28. The summed E-state index contributed by atoms with van der Waals surface area (Å²) < 4.78 is 0. The highest BCUT2D eigenvalue weighted by Crippen LogP contribution is 2.59. The van der Waals surface area contributed by atoms with E-state index in [0.29, 0.717) is 0 Å². The zero-order valence-electron chi connectivity index (χ0n) is 26.8. The van der Waals surface area contributed by atoms with Crippen LogP contribution in [0.15, 0.2) is 207 Å². The van der Waals surface area contributed by atoms with Crippen LogP contribution < -0.4 is 4.90 Å². The highest BCUT2D eigenvalue weighted by atomic mass is 15.1. The predicted molar refractivity (Wildman–Crippen MR) is 203 cm³/mol. The fourth-order valence-corrected chi connectivity index (χ4v) is 7.50. The quantitative estimate of drug-likeness (QED) is 0.154. The molecule has 1 unspecified atom stereocenters. The fourth-order valence-electron chi connectivity index (χ4n) is 7.50. The van der Waals surface area contributed by atoms with Crippen molar-refractivity contribution in [1.29, 1.82) is 0 Å². The second-order valence-electron chi connectivity index (χ2n) is 12.2. The largest absolute Gasteiger partial charge is 0.310 e. The van der Waals surface area contributed by atoms with Crippen LogP contribution in [0.5, 0.6) is 0 Å². The van der Waals surface area contributed by atoms with Gasteiger partial charge in [0.2, 0.25) is 0 Å². The Kier molecular flexibility index (Phi) is 7.43. The molecule has 1 nitrogen and oxygen atoms in total. The van der Waals surface area contributed by atoms with Crippen molar-refractivity contribution >= 4 is 11.4 Å². The topological polar surface area (TPSA) is 3.24 Å². The van der Waals surface area contributed by atoms with E-state index in [1.165, 1.54) is 55.6 Å². The van der Waals surface area contributed by atoms with Gasteiger partial charge in [0.25, 0.3) is 0 Å². The van der Waals surface area contributed by atoms with E-state index in [9.17, 15) is 0 Å². The first-order chi connectivity index (χ1) is 23.7. The molecule has 0 amide bonds. The summed E-state index contributed by atoms with van der Waals surface area (Å²) in [7, 11) is 0. The summed E-state index contributed by atoms with van der Waals surface area (Å²) in [5, 5.41) is 0. The molecule has 0 saturated heterocycles. The Balaban J connectivity index is 1.36. The molecule has 0 N–H and O–H groups in total. The van der Waals surface area contributed by atoms with E-state index in [4.69, 9.17) is 0 Å². The van der Waals surface area contributed by atoms with Gasteiger partial charge >= 0.3 is 0 Å². The summed E-state index contributed by atoms with van der Waals surface area (Å²) in [6, 6.07) is 65.6. The summed E-state index contributed by atoms with van der Waals surface area (Å²) in [6.07, 6.45) is 1.85. The zero-order chi connectivity index (χ0) is 32.5. The summed E-state index contributed by atoms with van der Waals surface area (Å²) in [6.45, 7) is 8.64. The Hall–Kier alpha value is -6.18. The van der Waals surface area contributed by atoms with Crippen LogP contribution in [-0.4, -0.2) is 0 Å². The number of hydrogen-bond donors (Lipinski definition) is 0. The molecule has 0 radical (unpaired) electrons. The number of benzene rings is 7. The van der Waals surface area contributed by atoms with Gasteiger partial charge in [-0.25, -0.2) is 0 Å². The minimum absolute atomic E-state index is 0.517. The molecule has 0 aromatic heterocycles. The van der Waals surface area contributed by atoms with E-state index in [1.807, 2.05) is 6.08 Å². The molecular formula is C47H35N. The number of nitrogens with zero attached hydrogens (tertiary/aromatic N) is 1. The van der Waals surface area contributed by atoms with Gasteiger partial charge in [0.1, 0.15) is 0 Å². The summed E-state index contributed by atoms with van der Waals surface area (Å²) >= 11 is 0. The maximum atomic E-state index is 4.49. The highest BCUT2D eigenvalue weighted by molar-refractivity contribution is 5.96. The number of allylic oxidation sites excluding steroid dienone is 1. The van der Waals surface area contributed by atoms with Crippen LogP contribution in [0.2, 0.25) is 0 Å². The second-order valence-corrected chi connectivity index (χ2v) is 12.2. The van der Waals surface area contributed by atoms with E-state index in [1.54, 1.807) is 0 Å². The highest BCUT2D eigenvalue weighted by Gasteiger charge is 2.47. The molecule has 1 atom stereocenters. The summed E-state index contributed by atoms with van der Waals surface area (Å²) in [5.41, 5.74) is 14.6. The van der Waals surface area contributed by atoms with Crippen molar-refractivity contribution in [2.75, 3.05) is 4.90 Å². The smallest absolute Gasteiger partial charge is 0.0714 e. The zero-order valence-corrected chi connectivity index (χ0v) is 26.8. The van der Waals surface area contributed by atoms with Gasteiger partial charge < -0.3 is 4.90 Å². The third-order valence-electron chi connectivity index (χ3n) is 9.68. The van der Waals surface area contributed by atoms with Crippen LogP contribution in [-0.2, 0) is 5.41 Å². The SMILES string of the molecule is C=CC(=C)N(c1ccc(-c2ccccc2)cc1)c1cccc2c1-c1ccccc1C2(c1ccccc1)c1ccc(-c2ccccc2)cc1. The van der Waals surface area contributed by atoms with Crippen LogP contribution in [0.4, 0.5) is 11.4 Å². The molecule has 8 rings (SSSR count). The third-order valence-corrected chi connectivity index (χ3v) is 9.68. The van der Waals surface area contributed by atoms with E-state index in [0.717, 1.165) is 17.1 Å². The molecule has 1 aliphatic rings. The Bertz CT molecular complexity index is 2230. The monoisotopic (exact) mass is 613 g/mol. The van der Waals surface area contributed by atoms with Crippen molar-refractivity contribution in [3.05, 3.63) is 229 Å². The van der Waals surface area contributed by atoms with Crippen LogP contribution >= 0.6 is 0 Å². The summed E-state index contributed by atoms with van der Waals surface area (Å²) in [5.74, 6) is 0. The first kappa shape index (κ1) is 29.2. The van der Waals surface area contributed by atoms with Crippen LogP contribution in [0.1, 0.15) is 22.3 Å². The lowest BCUT2D eigenvalue weighted by Gasteiger charge is -2.34. The average Bonchev–Trinajstić information content (AvgIpc) is 3.48. The number of fused-ring (bicyclic) bond motifs is 3. The number of hydrogen-bond acceptors (Lipinski definition) is 1. The minimum atomic E-state index is -0.517. The van der Waals surface area contributed by atoms with Gasteiger partial charge in [0.05, 0.1) is 11.1 Å². The van der Waals surface area contributed by atoms with Gasteiger partial charge in [-0.05, 0) is 74.3 Å². The van der Waals surface area contributed by atoms with Gasteiger partial charge in [-0.3, -0.25) is 0 Å². The third kappa shape index (κ3) is 4.71. The maximum absolute atomic E-state index is 4.49. The molecule has 0 fully saturated rings. The molecule has 7 aromatic rings. The van der Waals surface area contributed by atoms with Crippen molar-refractivity contribution in [2.45, 2.75) is 5.41 Å². The molecule has 228 valence electrons. The molecule has 48 heavy (non-hydrogen) atoms. The predicted octanol–water partition coefficient (Wildman–Crippen LogP) is 12.2. The van der Waals surface area contributed by atoms with Gasteiger partial charge in [-0.2, -0.15) is 0 Å². The summed E-state index contributed by atoms with van der Waals surface area (Å²) in [4.78, 5) is 2.25. The molecule has 1 aliphatic carbocycles. The Morgan fingerprint density at radius 2 is 0.938 bits per heavy atom. The lowest BCUT2D eigenvalue weighted by molar-refractivity contribution is 0.768. The molecule has 7 aromatic carbocycles. The average molecular weight is 614 g/mol. The molecule has 0 aliphatic heterocycles. The van der Waals surface area contributed by atoms with Crippen LogP contribution in [0.3, 0.4) is 0 Å². The first-order valence-corrected chi connectivity index (χ1v) is 16.4. The van der Waals surface area contributed by atoms with Crippen molar-refractivity contribution in [1.82, 2.24) is 0 Å². The Labute approximate surface area is 283 Å². The van der Waals surface area contributed by atoms with E-state index in [-0.39, 0.29) is 0 Å². The Morgan fingerprint density at radius 3 is 1.54 bits per heavy atom. The molecule has 0 heterocycles. The number of anilines is 2. The van der Waals surface area contributed by atoms with Crippen molar-refractivity contribution < 1.29 is 0 Å². The van der Waals surface area contributed by atoms with Crippen molar-refractivity contribution in [2.24, 2.45) is 0 Å². The lowest BCUT2D eigenvalue weighted by atomic mass is 9.67. The first-order valence-electron chi connectivity index (χ1n) is 16.4. The van der Waals surface area contributed by atoms with E-state index >= 15 is 0 Å². The van der Waals surface area contributed by atoms with Gasteiger partial charge in [0, 0.05) is 16.9 Å². The van der Waals surface area contributed by atoms with Gasteiger partial charge in [0.15, 0.2) is 0 Å². The van der Waals surface area contributed by atoms with Crippen molar-refractivity contribution in [3.8, 4) is 33.4 Å². The van der Waals surface area contributed by atoms with Crippen molar-refractivity contribution in [3.63, 3.8) is 0 Å². The Morgan fingerprint density at radius 1 is 0.458 bits per heavy atom. The molecule has 0 bridgehead atoms. The molecular weight excluding hydrogens is 579 g/mol. The number of rotatable bonds is 8.